The van der Waals surface area contributed by atoms with Gasteiger partial charge in [-0.2, -0.15) is 0 Å². The number of carbonyl (C=O) groups excluding carboxylic acids is 1. The molecular formula is C16H15FN2O3. The summed E-state index contributed by atoms with van der Waals surface area (Å²) in [4.78, 5) is 17.7. The van der Waals surface area contributed by atoms with Crippen molar-refractivity contribution in [3.8, 4) is 5.75 Å². The summed E-state index contributed by atoms with van der Waals surface area (Å²) in [7, 11) is 0. The molecule has 0 aliphatic carbocycles. The molecule has 114 valence electrons. The van der Waals surface area contributed by atoms with Crippen molar-refractivity contribution in [2.45, 2.75) is 13.2 Å². The number of carbonyl (C=O) groups is 1. The maximum absolute atomic E-state index is 13.7. The van der Waals surface area contributed by atoms with Crippen molar-refractivity contribution in [3.05, 3.63) is 59.2 Å². The van der Waals surface area contributed by atoms with E-state index in [0.29, 0.717) is 25.4 Å². The largest absolute Gasteiger partial charge is 0.491 e. The van der Waals surface area contributed by atoms with Crippen molar-refractivity contribution >= 4 is 5.91 Å². The van der Waals surface area contributed by atoms with Crippen molar-refractivity contribution in [1.29, 1.82) is 0 Å². The number of ether oxygens (including phenoxy) is 1. The number of halogens is 1. The zero-order chi connectivity index (χ0) is 15.5. The molecule has 0 fully saturated rings. The minimum atomic E-state index is -0.637. The smallest absolute Gasteiger partial charge is 0.257 e. The molecule has 1 aliphatic heterocycles. The second-order valence-electron chi connectivity index (χ2n) is 5.03. The van der Waals surface area contributed by atoms with E-state index in [-0.39, 0.29) is 12.2 Å². The third kappa shape index (κ3) is 2.78. The lowest BCUT2D eigenvalue weighted by Gasteiger charge is -2.20. The molecule has 0 saturated heterocycles. The van der Waals surface area contributed by atoms with Gasteiger partial charge in [0.1, 0.15) is 12.4 Å². The fourth-order valence-electron chi connectivity index (χ4n) is 2.44. The highest BCUT2D eigenvalue weighted by atomic mass is 19.1. The highest BCUT2D eigenvalue weighted by Gasteiger charge is 2.23. The Kier molecular flexibility index (Phi) is 4.02. The fraction of sp³-hybridized carbons (Fsp3) is 0.250. The summed E-state index contributed by atoms with van der Waals surface area (Å²) in [5, 5.41) is 9.22. The third-order valence-electron chi connectivity index (χ3n) is 3.58. The first-order valence-electron chi connectivity index (χ1n) is 6.93. The van der Waals surface area contributed by atoms with Crippen LogP contribution >= 0.6 is 0 Å². The Balaban J connectivity index is 1.89. The van der Waals surface area contributed by atoms with E-state index >= 15 is 0 Å². The van der Waals surface area contributed by atoms with E-state index in [4.69, 9.17) is 4.74 Å². The van der Waals surface area contributed by atoms with Gasteiger partial charge in [0, 0.05) is 18.3 Å². The van der Waals surface area contributed by atoms with Crippen LogP contribution in [-0.2, 0) is 13.2 Å². The number of nitrogens with zero attached hydrogens (tertiary/aromatic N) is 2. The van der Waals surface area contributed by atoms with Crippen LogP contribution in [0.2, 0.25) is 0 Å². The first-order chi connectivity index (χ1) is 10.7. The summed E-state index contributed by atoms with van der Waals surface area (Å²) < 4.78 is 19.3. The van der Waals surface area contributed by atoms with Gasteiger partial charge < -0.3 is 14.7 Å². The van der Waals surface area contributed by atoms with Crippen LogP contribution in [0.1, 0.15) is 21.5 Å². The number of amides is 1. The van der Waals surface area contributed by atoms with Gasteiger partial charge >= 0.3 is 0 Å². The number of hydrogen-bond donors (Lipinski definition) is 1. The molecule has 2 heterocycles. The van der Waals surface area contributed by atoms with Crippen LogP contribution in [0.25, 0.3) is 0 Å². The Morgan fingerprint density at radius 1 is 1.41 bits per heavy atom. The Hall–Kier alpha value is -2.47. The number of benzene rings is 1. The standard InChI is InChI=1S/C16H15FN2O3/c17-14-8-18-4-3-13(14)16(21)19-5-6-22-15-2-1-11(10-20)7-12(15)9-19/h1-4,7-8,20H,5-6,9-10H2. The maximum Gasteiger partial charge on any atom is 0.257 e. The molecule has 2 aromatic rings. The van der Waals surface area contributed by atoms with Gasteiger partial charge in [0.25, 0.3) is 5.91 Å². The predicted octanol–water partition coefficient (Wildman–Crippen LogP) is 1.75. The summed E-state index contributed by atoms with van der Waals surface area (Å²) in [6.07, 6.45) is 2.42. The highest BCUT2D eigenvalue weighted by molar-refractivity contribution is 5.94. The minimum Gasteiger partial charge on any atom is -0.491 e. The summed E-state index contributed by atoms with van der Waals surface area (Å²) >= 11 is 0. The van der Waals surface area contributed by atoms with Gasteiger partial charge in [0.05, 0.1) is 24.9 Å². The van der Waals surface area contributed by atoms with E-state index in [1.807, 2.05) is 0 Å². The molecule has 1 N–H and O–H groups in total. The Labute approximate surface area is 127 Å². The molecule has 5 nitrogen and oxygen atoms in total. The van der Waals surface area contributed by atoms with E-state index in [2.05, 4.69) is 4.98 Å². The molecule has 1 aliphatic rings. The van der Waals surface area contributed by atoms with Crippen LogP contribution in [0, 0.1) is 5.82 Å². The summed E-state index contributed by atoms with van der Waals surface area (Å²) in [6, 6.07) is 6.72. The Morgan fingerprint density at radius 3 is 3.05 bits per heavy atom. The topological polar surface area (TPSA) is 62.7 Å². The molecule has 1 amide bonds. The van der Waals surface area contributed by atoms with Crippen LogP contribution in [-0.4, -0.2) is 34.0 Å². The van der Waals surface area contributed by atoms with E-state index < -0.39 is 11.7 Å². The van der Waals surface area contributed by atoms with Crippen LogP contribution in [0.15, 0.2) is 36.7 Å². The first kappa shape index (κ1) is 14.5. The van der Waals surface area contributed by atoms with E-state index in [9.17, 15) is 14.3 Å². The number of rotatable bonds is 2. The number of aromatic nitrogens is 1. The molecule has 0 saturated carbocycles. The zero-order valence-corrected chi connectivity index (χ0v) is 11.8. The molecule has 22 heavy (non-hydrogen) atoms. The molecule has 0 unspecified atom stereocenters. The van der Waals surface area contributed by atoms with E-state index in [0.717, 1.165) is 17.3 Å². The molecule has 6 heteroatoms. The summed E-state index contributed by atoms with van der Waals surface area (Å²) in [5.74, 6) is -0.351. The third-order valence-corrected chi connectivity index (χ3v) is 3.58. The molecule has 0 spiro atoms. The van der Waals surface area contributed by atoms with Crippen LogP contribution in [0.4, 0.5) is 4.39 Å². The predicted molar refractivity (Wildman–Crippen MR) is 76.8 cm³/mol. The first-order valence-corrected chi connectivity index (χ1v) is 6.93. The Morgan fingerprint density at radius 2 is 2.27 bits per heavy atom. The number of aliphatic hydroxyl groups is 1. The van der Waals surface area contributed by atoms with Gasteiger partial charge in [-0.25, -0.2) is 4.39 Å². The fourth-order valence-corrected chi connectivity index (χ4v) is 2.44. The normalized spacial score (nSPS) is 14.0. The van der Waals surface area contributed by atoms with Crippen molar-refractivity contribution in [3.63, 3.8) is 0 Å². The second kappa shape index (κ2) is 6.11. The van der Waals surface area contributed by atoms with Gasteiger partial charge in [0.15, 0.2) is 5.82 Å². The van der Waals surface area contributed by atoms with Crippen molar-refractivity contribution in [1.82, 2.24) is 9.88 Å². The monoisotopic (exact) mass is 302 g/mol. The average molecular weight is 302 g/mol. The molecule has 0 radical (unpaired) electrons. The number of fused-ring (bicyclic) bond motifs is 1. The quantitative estimate of drug-likeness (QED) is 0.918. The van der Waals surface area contributed by atoms with Crippen LogP contribution in [0.3, 0.4) is 0 Å². The summed E-state index contributed by atoms with van der Waals surface area (Å²) in [6.45, 7) is 0.928. The Bertz CT molecular complexity index is 706. The van der Waals surface area contributed by atoms with E-state index in [1.54, 1.807) is 18.2 Å². The number of aliphatic hydroxyl groups excluding tert-OH is 1. The molecule has 3 rings (SSSR count). The van der Waals surface area contributed by atoms with Crippen molar-refractivity contribution in [2.24, 2.45) is 0 Å². The van der Waals surface area contributed by atoms with E-state index in [1.165, 1.54) is 17.2 Å². The van der Waals surface area contributed by atoms with Crippen molar-refractivity contribution < 1.29 is 19.0 Å². The van der Waals surface area contributed by atoms with Gasteiger partial charge in [-0.1, -0.05) is 6.07 Å². The lowest BCUT2D eigenvalue weighted by atomic mass is 10.1. The van der Waals surface area contributed by atoms with Crippen molar-refractivity contribution in [2.75, 3.05) is 13.2 Å². The average Bonchev–Trinajstić information content (AvgIpc) is 2.76. The highest BCUT2D eigenvalue weighted by Crippen LogP contribution is 2.25. The maximum atomic E-state index is 13.7. The zero-order valence-electron chi connectivity index (χ0n) is 11.8. The van der Waals surface area contributed by atoms with Gasteiger partial charge in [0.2, 0.25) is 0 Å². The molecular weight excluding hydrogens is 287 g/mol. The molecule has 1 aromatic carbocycles. The van der Waals surface area contributed by atoms with Gasteiger partial charge in [-0.3, -0.25) is 9.78 Å². The molecule has 1 aromatic heterocycles. The number of hydrogen-bond acceptors (Lipinski definition) is 4. The minimum absolute atomic E-state index is 0.00300. The second-order valence-corrected chi connectivity index (χ2v) is 5.03. The molecule has 0 bridgehead atoms. The molecule has 0 atom stereocenters. The van der Waals surface area contributed by atoms with Crippen LogP contribution in [0.5, 0.6) is 5.75 Å². The van der Waals surface area contributed by atoms with Crippen LogP contribution < -0.4 is 4.74 Å². The summed E-state index contributed by atoms with van der Waals surface area (Å²) in [5.41, 5.74) is 1.54. The van der Waals surface area contributed by atoms with Gasteiger partial charge in [-0.15, -0.1) is 0 Å². The van der Waals surface area contributed by atoms with Gasteiger partial charge in [-0.05, 0) is 23.8 Å². The lowest BCUT2D eigenvalue weighted by Crippen LogP contribution is -2.33. The number of pyridine rings is 1. The lowest BCUT2D eigenvalue weighted by molar-refractivity contribution is 0.0728. The SMILES string of the molecule is O=C(c1ccncc1F)N1CCOc2ccc(CO)cc2C1.